The fraction of sp³-hybridized carbons (Fsp3) is 0.750. The molecule has 0 atom stereocenters. The number of nitrogens with zero attached hydrogens (tertiary/aromatic N) is 2. The Morgan fingerprint density at radius 3 is 2.62 bits per heavy atom. The maximum atomic E-state index is 4.63. The van der Waals surface area contributed by atoms with Crippen molar-refractivity contribution in [3.63, 3.8) is 0 Å². The molecule has 0 saturated carbocycles. The zero-order valence-electron chi connectivity index (χ0n) is 14.1. The molecule has 0 saturated heterocycles. The summed E-state index contributed by atoms with van der Waals surface area (Å²) in [4.78, 5) is 10.4. The third-order valence-electron chi connectivity index (χ3n) is 3.06. The molecular formula is C16H30N4S. The summed E-state index contributed by atoms with van der Waals surface area (Å²) in [6.45, 7) is 13.6. The molecule has 0 bridgehead atoms. The molecule has 1 aromatic rings. The third-order valence-corrected chi connectivity index (χ3v) is 4.26. The van der Waals surface area contributed by atoms with E-state index in [2.05, 4.69) is 55.2 Å². The van der Waals surface area contributed by atoms with Crippen LogP contribution >= 0.6 is 11.3 Å². The Morgan fingerprint density at radius 1 is 1.29 bits per heavy atom. The maximum Gasteiger partial charge on any atom is 0.191 e. The summed E-state index contributed by atoms with van der Waals surface area (Å²) in [5, 5.41) is 7.88. The predicted octanol–water partition coefficient (Wildman–Crippen LogP) is 3.24. The van der Waals surface area contributed by atoms with Crippen molar-refractivity contribution in [3.8, 4) is 0 Å². The van der Waals surface area contributed by atoms with Gasteiger partial charge in [-0.2, -0.15) is 0 Å². The molecule has 5 heteroatoms. The Morgan fingerprint density at radius 2 is 2.05 bits per heavy atom. The fourth-order valence-electron chi connectivity index (χ4n) is 1.76. The van der Waals surface area contributed by atoms with Crippen LogP contribution in [0.4, 0.5) is 0 Å². The zero-order valence-corrected chi connectivity index (χ0v) is 14.9. The van der Waals surface area contributed by atoms with E-state index in [-0.39, 0.29) is 0 Å². The van der Waals surface area contributed by atoms with Gasteiger partial charge < -0.3 is 10.6 Å². The minimum absolute atomic E-state index is 0.332. The van der Waals surface area contributed by atoms with Crippen LogP contribution < -0.4 is 10.6 Å². The van der Waals surface area contributed by atoms with E-state index in [1.165, 1.54) is 9.88 Å². The van der Waals surface area contributed by atoms with Crippen LogP contribution in [0.3, 0.4) is 0 Å². The molecule has 21 heavy (non-hydrogen) atoms. The van der Waals surface area contributed by atoms with Gasteiger partial charge in [-0.25, -0.2) is 4.98 Å². The van der Waals surface area contributed by atoms with Gasteiger partial charge >= 0.3 is 0 Å². The summed E-state index contributed by atoms with van der Waals surface area (Å²) in [5.74, 6) is 0.911. The van der Waals surface area contributed by atoms with E-state index < -0.39 is 0 Å². The molecular weight excluding hydrogens is 280 g/mol. The molecule has 1 rings (SSSR count). The zero-order chi connectivity index (χ0) is 15.7. The maximum absolute atomic E-state index is 4.63. The van der Waals surface area contributed by atoms with Crippen molar-refractivity contribution in [2.75, 3.05) is 19.6 Å². The summed E-state index contributed by atoms with van der Waals surface area (Å²) in [7, 11) is 0. The number of nitrogens with one attached hydrogen (secondary N) is 2. The third kappa shape index (κ3) is 8.05. The first-order chi connectivity index (χ1) is 9.94. The van der Waals surface area contributed by atoms with Crippen molar-refractivity contribution in [3.05, 3.63) is 16.1 Å². The van der Waals surface area contributed by atoms with Crippen LogP contribution in [0.15, 0.2) is 11.2 Å². The van der Waals surface area contributed by atoms with Gasteiger partial charge in [-0.1, -0.05) is 27.7 Å². The number of rotatable bonds is 7. The van der Waals surface area contributed by atoms with Crippen LogP contribution in [0, 0.1) is 5.41 Å². The van der Waals surface area contributed by atoms with Gasteiger partial charge in [-0.05, 0) is 25.2 Å². The van der Waals surface area contributed by atoms with Crippen molar-refractivity contribution < 1.29 is 0 Å². The monoisotopic (exact) mass is 310 g/mol. The van der Waals surface area contributed by atoms with Crippen LogP contribution in [0.2, 0.25) is 0 Å². The van der Waals surface area contributed by atoms with Crippen molar-refractivity contribution in [1.82, 2.24) is 15.6 Å². The first-order valence-electron chi connectivity index (χ1n) is 7.90. The summed E-state index contributed by atoms with van der Waals surface area (Å²) in [5.41, 5.74) is 0.332. The second-order valence-corrected chi connectivity index (χ2v) is 7.52. The molecule has 1 aromatic heterocycles. The molecule has 0 radical (unpaired) electrons. The standard InChI is InChI=1S/C16H30N4S/c1-6-13-12-20-14(21-13)8-10-18-15(17-7-2)19-11-9-16(3,4)5/h12H,6-11H2,1-5H3,(H2,17,18,19). The average Bonchev–Trinajstić information content (AvgIpc) is 2.85. The Balaban J connectivity index is 2.37. The van der Waals surface area contributed by atoms with E-state index in [4.69, 9.17) is 0 Å². The molecule has 0 spiro atoms. The number of thiazole rings is 1. The first kappa shape index (κ1) is 18.0. The van der Waals surface area contributed by atoms with E-state index in [1.807, 2.05) is 17.5 Å². The number of hydrogen-bond donors (Lipinski definition) is 2. The Kier molecular flexibility index (Phi) is 7.72. The second kappa shape index (κ2) is 9.03. The van der Waals surface area contributed by atoms with Crippen molar-refractivity contribution in [2.45, 2.75) is 53.9 Å². The highest BCUT2D eigenvalue weighted by Crippen LogP contribution is 2.17. The van der Waals surface area contributed by atoms with Gasteiger partial charge in [0.05, 0.1) is 5.01 Å². The van der Waals surface area contributed by atoms with Crippen molar-refractivity contribution >= 4 is 17.3 Å². The molecule has 0 fully saturated rings. The normalized spacial score (nSPS) is 12.5. The lowest BCUT2D eigenvalue weighted by Gasteiger charge is -2.17. The topological polar surface area (TPSA) is 49.3 Å². The minimum Gasteiger partial charge on any atom is -0.357 e. The number of aromatic nitrogens is 1. The SMILES string of the molecule is CCNC(=NCCC(C)(C)C)NCCc1ncc(CC)s1. The molecule has 0 aliphatic carbocycles. The molecule has 0 aromatic carbocycles. The van der Waals surface area contributed by atoms with Gasteiger partial charge in [0.1, 0.15) is 0 Å². The number of aliphatic imine (C=N–C) groups is 1. The van der Waals surface area contributed by atoms with Gasteiger partial charge in [0.25, 0.3) is 0 Å². The van der Waals surface area contributed by atoms with Crippen molar-refractivity contribution in [1.29, 1.82) is 0 Å². The molecule has 120 valence electrons. The van der Waals surface area contributed by atoms with E-state index in [0.717, 1.165) is 44.9 Å². The molecule has 0 amide bonds. The van der Waals surface area contributed by atoms with E-state index in [9.17, 15) is 0 Å². The Hall–Kier alpha value is -1.10. The van der Waals surface area contributed by atoms with Gasteiger partial charge in [-0.3, -0.25) is 4.99 Å². The molecule has 4 nitrogen and oxygen atoms in total. The lowest BCUT2D eigenvalue weighted by atomic mass is 9.93. The van der Waals surface area contributed by atoms with Gasteiger partial charge in [0.15, 0.2) is 5.96 Å². The van der Waals surface area contributed by atoms with Gasteiger partial charge in [0.2, 0.25) is 0 Å². The lowest BCUT2D eigenvalue weighted by molar-refractivity contribution is 0.385. The minimum atomic E-state index is 0.332. The number of guanidine groups is 1. The Bertz CT molecular complexity index is 432. The quantitative estimate of drug-likeness (QED) is 0.600. The highest BCUT2D eigenvalue weighted by molar-refractivity contribution is 7.11. The van der Waals surface area contributed by atoms with Gasteiger partial charge in [0, 0.05) is 37.1 Å². The molecule has 0 aliphatic rings. The van der Waals surface area contributed by atoms with Crippen molar-refractivity contribution in [2.24, 2.45) is 10.4 Å². The number of aryl methyl sites for hydroxylation is 1. The molecule has 2 N–H and O–H groups in total. The van der Waals surface area contributed by atoms with Gasteiger partial charge in [-0.15, -0.1) is 11.3 Å². The predicted molar refractivity (Wildman–Crippen MR) is 93.2 cm³/mol. The highest BCUT2D eigenvalue weighted by atomic mass is 32.1. The van der Waals surface area contributed by atoms with E-state index in [1.54, 1.807) is 0 Å². The molecule has 0 unspecified atom stereocenters. The summed E-state index contributed by atoms with van der Waals surface area (Å²) in [6, 6.07) is 0. The lowest BCUT2D eigenvalue weighted by Crippen LogP contribution is -2.38. The smallest absolute Gasteiger partial charge is 0.191 e. The van der Waals surface area contributed by atoms with Crippen LogP contribution in [-0.2, 0) is 12.8 Å². The number of hydrogen-bond acceptors (Lipinski definition) is 3. The summed E-state index contributed by atoms with van der Waals surface area (Å²) >= 11 is 1.81. The summed E-state index contributed by atoms with van der Waals surface area (Å²) < 4.78 is 0. The second-order valence-electron chi connectivity index (χ2n) is 6.32. The van der Waals surface area contributed by atoms with Crippen LogP contribution in [0.1, 0.15) is 50.9 Å². The van der Waals surface area contributed by atoms with Crippen LogP contribution in [0.25, 0.3) is 0 Å². The van der Waals surface area contributed by atoms with Crippen LogP contribution in [0.5, 0.6) is 0 Å². The van der Waals surface area contributed by atoms with E-state index in [0.29, 0.717) is 5.41 Å². The van der Waals surface area contributed by atoms with Crippen LogP contribution in [-0.4, -0.2) is 30.6 Å². The fourth-order valence-corrected chi connectivity index (χ4v) is 2.62. The highest BCUT2D eigenvalue weighted by Gasteiger charge is 2.09. The Labute approximate surface area is 133 Å². The molecule has 0 aliphatic heterocycles. The first-order valence-corrected chi connectivity index (χ1v) is 8.72. The summed E-state index contributed by atoms with van der Waals surface area (Å²) in [6.07, 6.45) is 5.11. The molecule has 1 heterocycles. The largest absolute Gasteiger partial charge is 0.357 e. The van der Waals surface area contributed by atoms with E-state index >= 15 is 0 Å². The average molecular weight is 311 g/mol.